The van der Waals surface area contributed by atoms with Crippen LogP contribution in [0.3, 0.4) is 0 Å². The average Bonchev–Trinajstić information content (AvgIpc) is 2.35. The molecule has 0 aliphatic carbocycles. The van der Waals surface area contributed by atoms with Gasteiger partial charge in [0.1, 0.15) is 0 Å². The van der Waals surface area contributed by atoms with Gasteiger partial charge in [0.05, 0.1) is 6.54 Å². The number of nitrogens with zero attached hydrogens (tertiary/aromatic N) is 1. The number of nitrogens with one attached hydrogen (secondary N) is 1. The van der Waals surface area contributed by atoms with Gasteiger partial charge in [-0.3, -0.25) is 9.69 Å². The third-order valence-electron chi connectivity index (χ3n) is 3.07. The lowest BCUT2D eigenvalue weighted by Gasteiger charge is -2.32. The molecule has 1 aliphatic rings. The number of hydrogen-bond acceptors (Lipinski definition) is 2. The molecule has 1 N–H and O–H groups in total. The summed E-state index contributed by atoms with van der Waals surface area (Å²) in [5, 5.41) is 2.52. The van der Waals surface area contributed by atoms with Gasteiger partial charge in [-0.1, -0.05) is 27.7 Å². The molecule has 1 saturated heterocycles. The molecule has 0 atom stereocenters. The van der Waals surface area contributed by atoms with E-state index in [4.69, 9.17) is 0 Å². The largest absolute Gasteiger partial charge is 0.329 e. The van der Waals surface area contributed by atoms with Crippen LogP contribution < -0.4 is 5.32 Å². The predicted octanol–water partition coefficient (Wildman–Crippen LogP) is 1.22. The summed E-state index contributed by atoms with van der Waals surface area (Å²) in [6, 6.07) is -0.260. The van der Waals surface area contributed by atoms with E-state index in [-0.39, 0.29) is 23.9 Å². The fourth-order valence-electron chi connectivity index (χ4n) is 1.21. The summed E-state index contributed by atoms with van der Waals surface area (Å²) in [5.41, 5.74) is -0.0304. The molecular formula is C10H18N2O2. The van der Waals surface area contributed by atoms with Crippen LogP contribution in [0.2, 0.25) is 0 Å². The zero-order valence-corrected chi connectivity index (χ0v) is 9.26. The Hall–Kier alpha value is -1.06. The Morgan fingerprint density at radius 3 is 2.36 bits per heavy atom. The Labute approximate surface area is 84.7 Å². The highest BCUT2D eigenvalue weighted by atomic mass is 16.2. The van der Waals surface area contributed by atoms with Gasteiger partial charge >= 0.3 is 6.03 Å². The zero-order chi connectivity index (χ0) is 10.9. The normalized spacial score (nSPS) is 17.9. The topological polar surface area (TPSA) is 49.4 Å². The van der Waals surface area contributed by atoms with Crippen molar-refractivity contribution in [1.82, 2.24) is 10.2 Å². The van der Waals surface area contributed by atoms with E-state index in [0.29, 0.717) is 12.5 Å². The van der Waals surface area contributed by atoms with Gasteiger partial charge in [0.2, 0.25) is 5.91 Å². The molecule has 0 aromatic carbocycles. The number of urea groups is 1. The third kappa shape index (κ3) is 2.05. The van der Waals surface area contributed by atoms with Crippen LogP contribution in [0, 0.1) is 11.3 Å². The molecule has 0 aromatic heterocycles. The quantitative estimate of drug-likeness (QED) is 0.693. The first kappa shape index (κ1) is 11.0. The molecule has 0 saturated carbocycles. The smallest absolute Gasteiger partial charge is 0.324 e. The maximum absolute atomic E-state index is 11.3. The average molecular weight is 198 g/mol. The lowest BCUT2D eigenvalue weighted by atomic mass is 9.81. The molecule has 0 aromatic rings. The molecular weight excluding hydrogens is 180 g/mol. The second-order valence-electron chi connectivity index (χ2n) is 4.78. The molecule has 1 rings (SSSR count). The summed E-state index contributed by atoms with van der Waals surface area (Å²) < 4.78 is 0. The van der Waals surface area contributed by atoms with E-state index in [9.17, 15) is 9.59 Å². The number of rotatable bonds is 3. The Balaban J connectivity index is 2.68. The molecule has 0 bridgehead atoms. The van der Waals surface area contributed by atoms with Crippen LogP contribution in [0.15, 0.2) is 0 Å². The van der Waals surface area contributed by atoms with Gasteiger partial charge in [0, 0.05) is 6.54 Å². The molecule has 1 fully saturated rings. The SMILES string of the molecule is CC(C)C(C)(C)CN1C(=O)CNC1=O. The zero-order valence-electron chi connectivity index (χ0n) is 9.26. The molecule has 4 heteroatoms. The fourth-order valence-corrected chi connectivity index (χ4v) is 1.21. The van der Waals surface area contributed by atoms with Gasteiger partial charge in [-0.05, 0) is 11.3 Å². The monoisotopic (exact) mass is 198 g/mol. The van der Waals surface area contributed by atoms with Crippen LogP contribution in [0.4, 0.5) is 4.79 Å². The van der Waals surface area contributed by atoms with Crippen LogP contribution in [-0.4, -0.2) is 29.9 Å². The van der Waals surface area contributed by atoms with E-state index in [1.165, 1.54) is 4.90 Å². The number of carbonyl (C=O) groups excluding carboxylic acids is 2. The van der Waals surface area contributed by atoms with Crippen LogP contribution in [0.5, 0.6) is 0 Å². The van der Waals surface area contributed by atoms with Crippen molar-refractivity contribution in [2.75, 3.05) is 13.1 Å². The Bertz CT molecular complexity index is 243. The molecule has 4 nitrogen and oxygen atoms in total. The molecule has 1 heterocycles. The van der Waals surface area contributed by atoms with E-state index in [1.54, 1.807) is 0 Å². The summed E-state index contributed by atoms with van der Waals surface area (Å²) >= 11 is 0. The second kappa shape index (κ2) is 3.59. The molecule has 0 unspecified atom stereocenters. The minimum absolute atomic E-state index is 0.0304. The summed E-state index contributed by atoms with van der Waals surface area (Å²) in [6.45, 7) is 8.96. The molecule has 80 valence electrons. The van der Waals surface area contributed by atoms with Crippen molar-refractivity contribution < 1.29 is 9.59 Å². The van der Waals surface area contributed by atoms with Crippen LogP contribution in [0.1, 0.15) is 27.7 Å². The Morgan fingerprint density at radius 1 is 1.43 bits per heavy atom. The van der Waals surface area contributed by atoms with Crippen LogP contribution >= 0.6 is 0 Å². The number of hydrogen-bond donors (Lipinski definition) is 1. The minimum Gasteiger partial charge on any atom is -0.329 e. The molecule has 0 radical (unpaired) electrons. The van der Waals surface area contributed by atoms with E-state index >= 15 is 0 Å². The lowest BCUT2D eigenvalue weighted by molar-refractivity contribution is -0.126. The highest BCUT2D eigenvalue weighted by Crippen LogP contribution is 2.27. The molecule has 14 heavy (non-hydrogen) atoms. The van der Waals surface area contributed by atoms with Gasteiger partial charge < -0.3 is 5.32 Å². The molecule has 0 spiro atoms. The summed E-state index contributed by atoms with van der Waals surface area (Å²) in [5.74, 6) is 0.312. The lowest BCUT2D eigenvalue weighted by Crippen LogP contribution is -2.41. The van der Waals surface area contributed by atoms with Crippen molar-refractivity contribution in [3.8, 4) is 0 Å². The number of amides is 3. The van der Waals surface area contributed by atoms with Crippen molar-refractivity contribution in [3.63, 3.8) is 0 Å². The number of carbonyl (C=O) groups is 2. The molecule has 3 amide bonds. The van der Waals surface area contributed by atoms with Gasteiger partial charge in [-0.2, -0.15) is 0 Å². The maximum Gasteiger partial charge on any atom is 0.324 e. The van der Waals surface area contributed by atoms with Crippen molar-refractivity contribution >= 4 is 11.9 Å². The van der Waals surface area contributed by atoms with E-state index in [2.05, 4.69) is 33.0 Å². The van der Waals surface area contributed by atoms with Gasteiger partial charge in [0.25, 0.3) is 0 Å². The van der Waals surface area contributed by atoms with Gasteiger partial charge in [-0.25, -0.2) is 4.79 Å². The standard InChI is InChI=1S/C10H18N2O2/c1-7(2)10(3,4)6-12-8(13)5-11-9(12)14/h7H,5-6H2,1-4H3,(H,11,14). The Morgan fingerprint density at radius 2 is 2.00 bits per heavy atom. The maximum atomic E-state index is 11.3. The first-order chi connectivity index (χ1) is 6.34. The first-order valence-corrected chi connectivity index (χ1v) is 4.93. The van der Waals surface area contributed by atoms with Gasteiger partial charge in [0.15, 0.2) is 0 Å². The summed E-state index contributed by atoms with van der Waals surface area (Å²) in [7, 11) is 0. The van der Waals surface area contributed by atoms with Crippen molar-refractivity contribution in [2.24, 2.45) is 11.3 Å². The van der Waals surface area contributed by atoms with Crippen molar-refractivity contribution in [1.29, 1.82) is 0 Å². The van der Waals surface area contributed by atoms with Crippen LogP contribution in [-0.2, 0) is 4.79 Å². The minimum atomic E-state index is -0.260. The van der Waals surface area contributed by atoms with E-state index < -0.39 is 0 Å². The first-order valence-electron chi connectivity index (χ1n) is 4.93. The van der Waals surface area contributed by atoms with E-state index in [0.717, 1.165) is 0 Å². The highest BCUT2D eigenvalue weighted by Gasteiger charge is 2.34. The summed E-state index contributed by atoms with van der Waals surface area (Å²) in [6.07, 6.45) is 0. The fraction of sp³-hybridized carbons (Fsp3) is 0.800. The van der Waals surface area contributed by atoms with Gasteiger partial charge in [-0.15, -0.1) is 0 Å². The second-order valence-corrected chi connectivity index (χ2v) is 4.78. The van der Waals surface area contributed by atoms with Crippen molar-refractivity contribution in [3.05, 3.63) is 0 Å². The predicted molar refractivity (Wildman–Crippen MR) is 53.7 cm³/mol. The van der Waals surface area contributed by atoms with Crippen LogP contribution in [0.25, 0.3) is 0 Å². The third-order valence-corrected chi connectivity index (χ3v) is 3.07. The van der Waals surface area contributed by atoms with Crippen molar-refractivity contribution in [2.45, 2.75) is 27.7 Å². The number of imide groups is 1. The van der Waals surface area contributed by atoms with E-state index in [1.807, 2.05) is 0 Å². The Kier molecular flexibility index (Phi) is 2.83. The highest BCUT2D eigenvalue weighted by molar-refractivity contribution is 6.01. The summed E-state index contributed by atoms with van der Waals surface area (Å²) in [4.78, 5) is 23.9. The molecule has 1 aliphatic heterocycles.